The molecule has 0 bridgehead atoms. The standard InChI is InChI=1S/C43H33N3O.Pt/c1-28-11-8-12-29(2)40(28)46-41-36-27-43(24-32-15-6-7-16-33(32)25-43)26-34(36)21-22-38(41)45-42(46)31-17-9-18-35(23-31)47-39-20-10-19-37(44-39)30-13-4-3-5-14-30;/h3-13,15-22H,24-27H2,1-2H3;/q-2;+2. The molecule has 0 aliphatic heterocycles. The van der Waals surface area contributed by atoms with Gasteiger partial charge in [0.05, 0.1) is 16.9 Å². The van der Waals surface area contributed by atoms with Crippen LogP contribution in [-0.4, -0.2) is 14.5 Å². The first-order valence-electron chi connectivity index (χ1n) is 16.3. The molecule has 0 fully saturated rings. The SMILES string of the molecule is Cc1cccc(C)c1-n1c(-c2[c-]c(Oc3cccc(-c4[c-]cccc4)n3)ccc2)nc2ccc3c(c21)CC1(Cc2ccccc2C1)C3.[Pt+2]. The van der Waals surface area contributed by atoms with Gasteiger partial charge in [0.15, 0.2) is 0 Å². The van der Waals surface area contributed by atoms with Crippen LogP contribution in [0.2, 0.25) is 0 Å². The predicted octanol–water partition coefficient (Wildman–Crippen LogP) is 9.65. The van der Waals surface area contributed by atoms with Crippen molar-refractivity contribution in [1.29, 1.82) is 0 Å². The summed E-state index contributed by atoms with van der Waals surface area (Å²) in [4.78, 5) is 10.1. The summed E-state index contributed by atoms with van der Waals surface area (Å²) < 4.78 is 8.72. The second-order valence-electron chi connectivity index (χ2n) is 13.2. The van der Waals surface area contributed by atoms with Crippen LogP contribution in [0.1, 0.15) is 33.4 Å². The van der Waals surface area contributed by atoms with Gasteiger partial charge in [-0.3, -0.25) is 9.97 Å². The summed E-state index contributed by atoms with van der Waals surface area (Å²) in [5.74, 6) is 1.97. The molecule has 2 aromatic heterocycles. The molecule has 236 valence electrons. The van der Waals surface area contributed by atoms with Gasteiger partial charge in [-0.2, -0.15) is 0 Å². The number of hydrogen-bond donors (Lipinski definition) is 0. The van der Waals surface area contributed by atoms with Gasteiger partial charge in [-0.1, -0.05) is 66.7 Å². The van der Waals surface area contributed by atoms with Gasteiger partial charge in [-0.15, -0.1) is 59.7 Å². The predicted molar refractivity (Wildman–Crippen MR) is 187 cm³/mol. The van der Waals surface area contributed by atoms with Crippen LogP contribution >= 0.6 is 0 Å². The number of imidazole rings is 1. The number of rotatable bonds is 5. The largest absolute Gasteiger partial charge is 2.00 e. The maximum absolute atomic E-state index is 6.32. The first-order valence-corrected chi connectivity index (χ1v) is 16.3. The first kappa shape index (κ1) is 30.5. The van der Waals surface area contributed by atoms with E-state index in [4.69, 9.17) is 14.7 Å². The van der Waals surface area contributed by atoms with E-state index < -0.39 is 0 Å². The van der Waals surface area contributed by atoms with E-state index in [0.29, 0.717) is 11.6 Å². The normalized spacial score (nSPS) is 14.1. The minimum Gasteiger partial charge on any atom is -0.460 e. The summed E-state index contributed by atoms with van der Waals surface area (Å²) in [5.41, 5.74) is 14.6. The summed E-state index contributed by atoms with van der Waals surface area (Å²) in [6.07, 6.45) is 4.42. The first-order chi connectivity index (χ1) is 23.0. The van der Waals surface area contributed by atoms with Crippen LogP contribution < -0.4 is 4.74 Å². The Morgan fingerprint density at radius 3 is 2.15 bits per heavy atom. The number of benzene rings is 5. The third kappa shape index (κ3) is 5.20. The van der Waals surface area contributed by atoms with Crippen molar-refractivity contribution in [3.63, 3.8) is 0 Å². The molecule has 0 unspecified atom stereocenters. The Morgan fingerprint density at radius 2 is 1.38 bits per heavy atom. The molecule has 5 aromatic carbocycles. The average molecular weight is 803 g/mol. The maximum atomic E-state index is 6.32. The van der Waals surface area contributed by atoms with Gasteiger partial charge in [-0.05, 0) is 96.2 Å². The van der Waals surface area contributed by atoms with Gasteiger partial charge in [-0.25, -0.2) is 0 Å². The molecule has 1 spiro atoms. The third-order valence-electron chi connectivity index (χ3n) is 9.98. The van der Waals surface area contributed by atoms with Crippen molar-refractivity contribution in [2.75, 3.05) is 0 Å². The zero-order valence-corrected chi connectivity index (χ0v) is 29.1. The van der Waals surface area contributed by atoms with Gasteiger partial charge >= 0.3 is 21.1 Å². The Bertz CT molecular complexity index is 2280. The minimum atomic E-state index is 0. The van der Waals surface area contributed by atoms with Crippen molar-refractivity contribution in [2.24, 2.45) is 5.41 Å². The number of pyridine rings is 1. The van der Waals surface area contributed by atoms with Crippen LogP contribution in [0, 0.1) is 31.4 Å². The van der Waals surface area contributed by atoms with Gasteiger partial charge in [0.2, 0.25) is 5.88 Å². The smallest absolute Gasteiger partial charge is 0.460 e. The summed E-state index contributed by atoms with van der Waals surface area (Å²) >= 11 is 0. The second kappa shape index (κ2) is 12.0. The van der Waals surface area contributed by atoms with Crippen LogP contribution in [0.5, 0.6) is 11.6 Å². The number of para-hydroxylation sites is 1. The fraction of sp³-hybridized carbons (Fsp3) is 0.163. The molecule has 0 N–H and O–H groups in total. The second-order valence-corrected chi connectivity index (χ2v) is 13.2. The molecule has 7 aromatic rings. The summed E-state index contributed by atoms with van der Waals surface area (Å²) in [6, 6.07) is 46.5. The molecule has 0 atom stereocenters. The topological polar surface area (TPSA) is 39.9 Å². The summed E-state index contributed by atoms with van der Waals surface area (Å²) in [6.45, 7) is 4.39. The van der Waals surface area contributed by atoms with E-state index in [2.05, 4.69) is 91.2 Å². The Morgan fingerprint density at radius 1 is 0.667 bits per heavy atom. The van der Waals surface area contributed by atoms with E-state index in [9.17, 15) is 0 Å². The molecule has 5 heteroatoms. The zero-order valence-electron chi connectivity index (χ0n) is 26.9. The van der Waals surface area contributed by atoms with Crippen LogP contribution in [-0.2, 0) is 46.7 Å². The van der Waals surface area contributed by atoms with Crippen molar-refractivity contribution in [1.82, 2.24) is 14.5 Å². The van der Waals surface area contributed by atoms with Crippen LogP contribution in [0.3, 0.4) is 0 Å². The number of hydrogen-bond acceptors (Lipinski definition) is 3. The van der Waals surface area contributed by atoms with Crippen LogP contribution in [0.4, 0.5) is 0 Å². The van der Waals surface area contributed by atoms with E-state index in [1.54, 1.807) is 0 Å². The van der Waals surface area contributed by atoms with Gasteiger partial charge < -0.3 is 9.30 Å². The van der Waals surface area contributed by atoms with Gasteiger partial charge in [0.1, 0.15) is 0 Å². The number of nitrogens with zero attached hydrogens (tertiary/aromatic N) is 3. The summed E-state index contributed by atoms with van der Waals surface area (Å²) in [5, 5.41) is 0. The molecule has 9 rings (SSSR count). The molecule has 2 aliphatic rings. The monoisotopic (exact) mass is 802 g/mol. The fourth-order valence-corrected chi connectivity index (χ4v) is 7.98. The summed E-state index contributed by atoms with van der Waals surface area (Å²) in [7, 11) is 0. The van der Waals surface area contributed by atoms with Crippen LogP contribution in [0.25, 0.3) is 39.4 Å². The molecule has 0 radical (unpaired) electrons. The molecule has 0 saturated heterocycles. The average Bonchev–Trinajstić information content (AvgIpc) is 3.77. The molecule has 0 saturated carbocycles. The van der Waals surface area contributed by atoms with E-state index in [1.807, 2.05) is 54.6 Å². The van der Waals surface area contributed by atoms with E-state index in [-0.39, 0.29) is 26.5 Å². The molecule has 2 heterocycles. The maximum Gasteiger partial charge on any atom is 2.00 e. The van der Waals surface area contributed by atoms with E-state index in [0.717, 1.165) is 53.8 Å². The van der Waals surface area contributed by atoms with Crippen molar-refractivity contribution in [2.45, 2.75) is 39.5 Å². The number of aromatic nitrogens is 3. The Balaban J connectivity index is 0.00000336. The van der Waals surface area contributed by atoms with E-state index >= 15 is 0 Å². The Labute approximate surface area is 295 Å². The Hall–Kier alpha value is -4.79. The van der Waals surface area contributed by atoms with Crippen molar-refractivity contribution in [3.05, 3.63) is 161 Å². The molecule has 48 heavy (non-hydrogen) atoms. The Kier molecular flexibility index (Phi) is 7.65. The zero-order chi connectivity index (χ0) is 31.5. The van der Waals surface area contributed by atoms with Crippen molar-refractivity contribution in [3.8, 4) is 40.0 Å². The minimum absolute atomic E-state index is 0. The third-order valence-corrected chi connectivity index (χ3v) is 9.98. The molecule has 2 aliphatic carbocycles. The van der Waals surface area contributed by atoms with Crippen molar-refractivity contribution < 1.29 is 25.8 Å². The number of aryl methyl sites for hydroxylation is 2. The number of fused-ring (bicyclic) bond motifs is 4. The quantitative estimate of drug-likeness (QED) is 0.163. The molecule has 0 amide bonds. The fourth-order valence-electron chi connectivity index (χ4n) is 7.98. The molecule has 4 nitrogen and oxygen atoms in total. The number of ether oxygens (including phenoxy) is 1. The molecular formula is C43H33N3OPt. The van der Waals surface area contributed by atoms with Crippen LogP contribution in [0.15, 0.2) is 115 Å². The van der Waals surface area contributed by atoms with Gasteiger partial charge in [0.25, 0.3) is 0 Å². The van der Waals surface area contributed by atoms with Gasteiger partial charge in [0, 0.05) is 11.4 Å². The van der Waals surface area contributed by atoms with E-state index in [1.165, 1.54) is 44.6 Å². The van der Waals surface area contributed by atoms with Crippen molar-refractivity contribution >= 4 is 11.0 Å². The molecular weight excluding hydrogens is 770 g/mol.